The first kappa shape index (κ1) is 39.4. The first-order valence-corrected chi connectivity index (χ1v) is 23.4. The number of hydrogen-bond acceptors (Lipinski definition) is 1. The highest BCUT2D eigenvalue weighted by Crippen LogP contribution is 2.47. The Bertz CT molecular complexity index is 4010. The van der Waals surface area contributed by atoms with Gasteiger partial charge >= 0.3 is 0 Å². The minimum Gasteiger partial charge on any atom is -0.310 e. The van der Waals surface area contributed by atoms with Crippen molar-refractivity contribution < 1.29 is 0 Å². The molecule has 1 heterocycles. The molecule has 2 nitrogen and oxygen atoms in total. The van der Waals surface area contributed by atoms with E-state index in [0.717, 1.165) is 33.9 Å². The van der Waals surface area contributed by atoms with Gasteiger partial charge in [0, 0.05) is 39.0 Å². The maximum Gasteiger partial charge on any atom is 0.0619 e. The summed E-state index contributed by atoms with van der Waals surface area (Å²) in [6, 6.07) is 97.5. The molecule has 0 aliphatic rings. The normalized spacial score (nSPS) is 11.5. The number of hydrogen-bond donors (Lipinski definition) is 0. The molecule has 13 aromatic rings. The first-order valence-electron chi connectivity index (χ1n) is 23.4. The van der Waals surface area contributed by atoms with Gasteiger partial charge in [-0.1, -0.05) is 218 Å². The first-order chi connectivity index (χ1) is 33.8. The Hall–Kier alpha value is -8.98. The molecule has 68 heavy (non-hydrogen) atoms. The summed E-state index contributed by atoms with van der Waals surface area (Å²) < 4.78 is 2.42. The lowest BCUT2D eigenvalue weighted by Gasteiger charge is -2.29. The van der Waals surface area contributed by atoms with E-state index in [1.54, 1.807) is 0 Å². The molecule has 0 saturated carbocycles. The molecule has 0 fully saturated rings. The second-order valence-electron chi connectivity index (χ2n) is 17.6. The average molecular weight is 865 g/mol. The van der Waals surface area contributed by atoms with Gasteiger partial charge < -0.3 is 9.47 Å². The number of aromatic nitrogens is 1. The smallest absolute Gasteiger partial charge is 0.0619 e. The molecule has 318 valence electrons. The molecule has 0 unspecified atom stereocenters. The lowest BCUT2D eigenvalue weighted by molar-refractivity contribution is 1.18. The molecule has 1 aromatic heterocycles. The fraction of sp³-hybridized carbons (Fsp3) is 0. The minimum atomic E-state index is 1.07. The van der Waals surface area contributed by atoms with Crippen LogP contribution in [0.25, 0.3) is 104 Å². The van der Waals surface area contributed by atoms with Crippen LogP contribution < -0.4 is 4.90 Å². The molecule has 13 rings (SSSR count). The zero-order valence-electron chi connectivity index (χ0n) is 37.3. The van der Waals surface area contributed by atoms with Gasteiger partial charge in [-0.15, -0.1) is 0 Å². The molecule has 12 aromatic carbocycles. The fourth-order valence-electron chi connectivity index (χ4n) is 10.7. The summed E-state index contributed by atoms with van der Waals surface area (Å²) in [4.78, 5) is 2.45. The van der Waals surface area contributed by atoms with Gasteiger partial charge in [-0.05, 0) is 114 Å². The third-order valence-electron chi connectivity index (χ3n) is 13.8. The third-order valence-corrected chi connectivity index (χ3v) is 13.8. The van der Waals surface area contributed by atoms with Crippen molar-refractivity contribution in [2.24, 2.45) is 0 Å². The summed E-state index contributed by atoms with van der Waals surface area (Å²) in [7, 11) is 0. The number of rotatable bonds is 8. The van der Waals surface area contributed by atoms with Crippen LogP contribution in [0.4, 0.5) is 17.1 Å². The van der Waals surface area contributed by atoms with Gasteiger partial charge in [0.1, 0.15) is 0 Å². The third kappa shape index (κ3) is 6.57. The monoisotopic (exact) mass is 864 g/mol. The van der Waals surface area contributed by atoms with E-state index in [1.165, 1.54) is 87.5 Å². The number of anilines is 3. The van der Waals surface area contributed by atoms with Crippen molar-refractivity contribution in [2.45, 2.75) is 0 Å². The van der Waals surface area contributed by atoms with Gasteiger partial charge in [-0.25, -0.2) is 0 Å². The maximum absolute atomic E-state index is 2.45. The van der Waals surface area contributed by atoms with Crippen LogP contribution in [0.3, 0.4) is 0 Å². The van der Waals surface area contributed by atoms with Gasteiger partial charge in [-0.3, -0.25) is 0 Å². The van der Waals surface area contributed by atoms with Crippen molar-refractivity contribution >= 4 is 71.2 Å². The molecule has 0 aliphatic carbocycles. The van der Waals surface area contributed by atoms with Crippen LogP contribution in [-0.2, 0) is 0 Å². The fourth-order valence-corrected chi connectivity index (χ4v) is 10.7. The topological polar surface area (TPSA) is 8.17 Å². The number of para-hydroxylation sites is 4. The Morgan fingerprint density at radius 1 is 0.279 bits per heavy atom. The summed E-state index contributed by atoms with van der Waals surface area (Å²) in [5.41, 5.74) is 16.3. The lowest BCUT2D eigenvalue weighted by atomic mass is 9.90. The SMILES string of the molecule is c1ccc(-c2cccc3cccc(-c4ccccc4N(c4ccc(-c5cccc6c7ccccc7n(-c7ccccc7)c56)cc4)c4cccc(-c5cccc6c5ccc5ccccc56)c4)c23)cc1. The van der Waals surface area contributed by atoms with Crippen molar-refractivity contribution in [3.05, 3.63) is 267 Å². The van der Waals surface area contributed by atoms with Crippen molar-refractivity contribution in [2.75, 3.05) is 4.90 Å². The number of benzene rings is 12. The van der Waals surface area contributed by atoms with Crippen molar-refractivity contribution in [1.82, 2.24) is 4.57 Å². The Kier molecular flexibility index (Phi) is 9.54. The lowest BCUT2D eigenvalue weighted by Crippen LogP contribution is -2.11. The molecular formula is C66H44N2. The van der Waals surface area contributed by atoms with Crippen LogP contribution >= 0.6 is 0 Å². The second kappa shape index (κ2) is 16.5. The highest BCUT2D eigenvalue weighted by molar-refractivity contribution is 6.15. The van der Waals surface area contributed by atoms with Gasteiger partial charge in [-0.2, -0.15) is 0 Å². The molecule has 0 saturated heterocycles. The van der Waals surface area contributed by atoms with E-state index < -0.39 is 0 Å². The highest BCUT2D eigenvalue weighted by Gasteiger charge is 2.22. The molecule has 0 N–H and O–H groups in total. The minimum absolute atomic E-state index is 1.07. The van der Waals surface area contributed by atoms with Crippen LogP contribution in [0.1, 0.15) is 0 Å². The van der Waals surface area contributed by atoms with E-state index in [0.29, 0.717) is 0 Å². The number of fused-ring (bicyclic) bond motifs is 7. The average Bonchev–Trinajstić information content (AvgIpc) is 3.76. The van der Waals surface area contributed by atoms with Gasteiger partial charge in [0.2, 0.25) is 0 Å². The van der Waals surface area contributed by atoms with Crippen molar-refractivity contribution in [1.29, 1.82) is 0 Å². The summed E-state index contributed by atoms with van der Waals surface area (Å²) >= 11 is 0. The zero-order chi connectivity index (χ0) is 45.0. The van der Waals surface area contributed by atoms with Crippen molar-refractivity contribution in [3.63, 3.8) is 0 Å². The molecule has 0 atom stereocenters. The van der Waals surface area contributed by atoms with Crippen LogP contribution in [0.2, 0.25) is 0 Å². The highest BCUT2D eigenvalue weighted by atomic mass is 15.1. The van der Waals surface area contributed by atoms with Crippen LogP contribution in [0.5, 0.6) is 0 Å². The van der Waals surface area contributed by atoms with Crippen LogP contribution in [-0.4, -0.2) is 4.57 Å². The van der Waals surface area contributed by atoms with E-state index in [1.807, 2.05) is 0 Å². The predicted octanol–water partition coefficient (Wildman–Crippen LogP) is 18.4. The summed E-state index contributed by atoms with van der Waals surface area (Å²) in [6.07, 6.45) is 0. The van der Waals surface area contributed by atoms with Gasteiger partial charge in [0.05, 0.1) is 16.7 Å². The zero-order valence-corrected chi connectivity index (χ0v) is 37.3. The Morgan fingerprint density at radius 2 is 0.853 bits per heavy atom. The molecule has 0 amide bonds. The van der Waals surface area contributed by atoms with Crippen molar-refractivity contribution in [3.8, 4) is 50.2 Å². The summed E-state index contributed by atoms with van der Waals surface area (Å²) in [5.74, 6) is 0. The predicted molar refractivity (Wildman–Crippen MR) is 290 cm³/mol. The summed E-state index contributed by atoms with van der Waals surface area (Å²) in [5, 5.41) is 9.95. The van der Waals surface area contributed by atoms with E-state index in [2.05, 4.69) is 276 Å². The second-order valence-corrected chi connectivity index (χ2v) is 17.6. The Labute approximate surface area is 395 Å². The maximum atomic E-state index is 2.45. The van der Waals surface area contributed by atoms with Crippen LogP contribution in [0.15, 0.2) is 267 Å². The van der Waals surface area contributed by atoms with Crippen LogP contribution in [0, 0.1) is 0 Å². The van der Waals surface area contributed by atoms with E-state index in [9.17, 15) is 0 Å². The van der Waals surface area contributed by atoms with Gasteiger partial charge in [0.15, 0.2) is 0 Å². The molecule has 2 heteroatoms. The molecule has 0 aliphatic heterocycles. The Balaban J connectivity index is 1.02. The molecular weight excluding hydrogens is 821 g/mol. The summed E-state index contributed by atoms with van der Waals surface area (Å²) in [6.45, 7) is 0. The Morgan fingerprint density at radius 3 is 1.69 bits per heavy atom. The quantitative estimate of drug-likeness (QED) is 0.138. The molecule has 0 spiro atoms. The van der Waals surface area contributed by atoms with E-state index >= 15 is 0 Å². The van der Waals surface area contributed by atoms with Gasteiger partial charge in [0.25, 0.3) is 0 Å². The molecule has 0 radical (unpaired) electrons. The van der Waals surface area contributed by atoms with E-state index in [-0.39, 0.29) is 0 Å². The number of nitrogens with zero attached hydrogens (tertiary/aromatic N) is 2. The molecule has 0 bridgehead atoms. The largest absolute Gasteiger partial charge is 0.310 e. The standard InChI is InChI=1S/C66H44N2/c1-3-18-45(19-4-1)55-31-14-21-48-22-15-34-61(65(48)55)59-28-9-11-36-63(59)67(52-26-13-23-49(44-52)54-30-16-33-57-53-27-8-7-20-46(53)40-43-58(54)57)51-41-38-47(39-42-51)56-32-17-35-62-60-29-10-12-37-64(60)68(66(56)62)50-24-5-2-6-25-50/h1-44H. The van der Waals surface area contributed by atoms with E-state index in [4.69, 9.17) is 0 Å².